The highest BCUT2D eigenvalue weighted by atomic mass is 31.2. The van der Waals surface area contributed by atoms with Crippen LogP contribution in [0, 0.1) is 23.7 Å². The van der Waals surface area contributed by atoms with Crippen LogP contribution >= 0.6 is 15.6 Å². The molecule has 0 aromatic heterocycles. The van der Waals surface area contributed by atoms with E-state index in [-0.39, 0.29) is 25.7 Å². The van der Waals surface area contributed by atoms with Gasteiger partial charge in [0.2, 0.25) is 0 Å². The van der Waals surface area contributed by atoms with E-state index in [1.54, 1.807) is 0 Å². The van der Waals surface area contributed by atoms with Crippen LogP contribution in [0.15, 0.2) is 0 Å². The molecule has 0 fully saturated rings. The summed E-state index contributed by atoms with van der Waals surface area (Å²) < 4.78 is 68.8. The van der Waals surface area contributed by atoms with Gasteiger partial charge in [0, 0.05) is 25.7 Å². The average Bonchev–Trinajstić information content (AvgIpc) is 0.937. The topological polar surface area (TPSA) is 237 Å². The predicted octanol–water partition coefficient (Wildman–Crippen LogP) is 25.2. The molecular weight excluding hydrogens is 1340 g/mol. The van der Waals surface area contributed by atoms with Crippen molar-refractivity contribution in [2.24, 2.45) is 23.7 Å². The van der Waals surface area contributed by atoms with Crippen molar-refractivity contribution in [2.75, 3.05) is 39.6 Å². The Morgan fingerprint density at radius 3 is 0.689 bits per heavy atom. The molecule has 0 aromatic rings. The van der Waals surface area contributed by atoms with Gasteiger partial charge >= 0.3 is 39.5 Å². The number of carbonyl (C=O) groups is 4. The molecule has 0 saturated heterocycles. The van der Waals surface area contributed by atoms with Crippen molar-refractivity contribution in [3.05, 3.63) is 0 Å². The van der Waals surface area contributed by atoms with Crippen LogP contribution in [0.2, 0.25) is 0 Å². The van der Waals surface area contributed by atoms with Gasteiger partial charge in [0.1, 0.15) is 19.3 Å². The molecule has 0 heterocycles. The summed E-state index contributed by atoms with van der Waals surface area (Å²) in [7, 11) is -9.93. The molecule has 0 amide bonds. The number of phosphoric acid groups is 2. The molecule has 0 aromatic carbocycles. The highest BCUT2D eigenvalue weighted by Gasteiger charge is 2.30. The first-order valence-corrected chi connectivity index (χ1v) is 46.3. The molecule has 5 unspecified atom stereocenters. The predicted molar refractivity (Wildman–Crippen MR) is 423 cm³/mol. The van der Waals surface area contributed by atoms with E-state index in [0.29, 0.717) is 31.6 Å². The molecule has 0 aliphatic rings. The first kappa shape index (κ1) is 101. The van der Waals surface area contributed by atoms with Crippen LogP contribution < -0.4 is 0 Å². The lowest BCUT2D eigenvalue weighted by Gasteiger charge is -2.21. The lowest BCUT2D eigenvalue weighted by molar-refractivity contribution is -0.161. The van der Waals surface area contributed by atoms with Crippen LogP contribution in [-0.4, -0.2) is 96.7 Å². The van der Waals surface area contributed by atoms with Crippen molar-refractivity contribution >= 4 is 39.5 Å². The van der Waals surface area contributed by atoms with Gasteiger partial charge in [-0.2, -0.15) is 0 Å². The van der Waals surface area contributed by atoms with Crippen molar-refractivity contribution in [1.82, 2.24) is 0 Å². The molecule has 0 aliphatic carbocycles. The lowest BCUT2D eigenvalue weighted by Crippen LogP contribution is -2.30. The van der Waals surface area contributed by atoms with Gasteiger partial charge in [-0.15, -0.1) is 0 Å². The summed E-state index contributed by atoms with van der Waals surface area (Å²) in [4.78, 5) is 73.1. The fourth-order valence-corrected chi connectivity index (χ4v) is 14.5. The molecule has 17 nitrogen and oxygen atoms in total. The number of aliphatic hydroxyl groups excluding tert-OH is 1. The molecule has 19 heteroatoms. The van der Waals surface area contributed by atoms with Crippen molar-refractivity contribution < 1.29 is 80.2 Å². The zero-order valence-electron chi connectivity index (χ0n) is 68.0. The minimum atomic E-state index is -4.96. The standard InChI is InChI=1S/C84H164O17P2/c1-9-76(7)62-54-46-37-31-25-21-17-13-11-12-14-18-22-26-34-40-50-58-66-83(88)100-79(70-94-81(86)64-56-48-39-33-29-28-32-38-47-55-63-77(8)10-2)72-98-102(90,91)96-68-78(85)69-97-103(92,93)99-73-80(71-95-82(87)65-57-49-43-42-45-53-61-75(5)6)101-84(89)67-59-51-41-35-27-23-19-15-16-20-24-30-36-44-52-60-74(3)4/h74-80,85H,9-73H2,1-8H3,(H,90,91)(H,92,93)/t76?,77?,78?,79-,80-/m1/s1. The molecule has 0 saturated carbocycles. The molecule has 103 heavy (non-hydrogen) atoms. The second-order valence-corrected chi connectivity index (χ2v) is 34.6. The quantitative estimate of drug-likeness (QED) is 0.0222. The monoisotopic (exact) mass is 1510 g/mol. The van der Waals surface area contributed by atoms with Gasteiger partial charge in [-0.25, -0.2) is 9.13 Å². The van der Waals surface area contributed by atoms with E-state index in [2.05, 4.69) is 55.4 Å². The van der Waals surface area contributed by atoms with E-state index in [9.17, 15) is 43.2 Å². The smallest absolute Gasteiger partial charge is 0.462 e. The first-order valence-electron chi connectivity index (χ1n) is 43.3. The molecule has 0 aliphatic heterocycles. The summed E-state index contributed by atoms with van der Waals surface area (Å²) in [5.41, 5.74) is 0. The first-order chi connectivity index (χ1) is 49.7. The number of esters is 4. The number of hydrogen-bond donors (Lipinski definition) is 3. The van der Waals surface area contributed by atoms with Crippen LogP contribution in [-0.2, 0) is 65.4 Å². The van der Waals surface area contributed by atoms with Crippen molar-refractivity contribution in [3.8, 4) is 0 Å². The van der Waals surface area contributed by atoms with Gasteiger partial charge in [-0.1, -0.05) is 383 Å². The summed E-state index contributed by atoms with van der Waals surface area (Å²) in [6.07, 6.45) is 61.2. The highest BCUT2D eigenvalue weighted by molar-refractivity contribution is 7.47. The van der Waals surface area contributed by atoms with Crippen molar-refractivity contribution in [3.63, 3.8) is 0 Å². The number of hydrogen-bond acceptors (Lipinski definition) is 15. The molecule has 0 spiro atoms. The molecule has 0 radical (unpaired) electrons. The zero-order chi connectivity index (χ0) is 76.0. The molecule has 3 N–H and O–H groups in total. The van der Waals surface area contributed by atoms with E-state index >= 15 is 0 Å². The maximum atomic E-state index is 13.1. The zero-order valence-corrected chi connectivity index (χ0v) is 69.7. The summed E-state index contributed by atoms with van der Waals surface area (Å²) in [5, 5.41) is 10.7. The third kappa shape index (κ3) is 75.3. The third-order valence-corrected chi connectivity index (χ3v) is 22.2. The SMILES string of the molecule is CCC(C)CCCCCCCCCCCCCCCCCCCCC(=O)O[C@H](COC(=O)CCCCCCCCCCCCC(C)CC)COP(=O)(O)OCC(O)COP(=O)(O)OC[C@@H](COC(=O)CCCCCCCCC(C)C)OC(=O)CCCCCCCCCCCCCCCCCC(C)C. The highest BCUT2D eigenvalue weighted by Crippen LogP contribution is 2.45. The largest absolute Gasteiger partial charge is 0.472 e. The van der Waals surface area contributed by atoms with Crippen LogP contribution in [0.3, 0.4) is 0 Å². The Hall–Kier alpha value is -1.94. The Kier molecular flexibility index (Phi) is 71.5. The fourth-order valence-electron chi connectivity index (χ4n) is 12.9. The lowest BCUT2D eigenvalue weighted by atomic mass is 9.99. The Morgan fingerprint density at radius 1 is 0.272 bits per heavy atom. The van der Waals surface area contributed by atoms with Gasteiger partial charge in [0.25, 0.3) is 0 Å². The van der Waals surface area contributed by atoms with E-state index in [0.717, 1.165) is 114 Å². The number of carbonyl (C=O) groups excluding carboxylic acids is 4. The second kappa shape index (κ2) is 72.9. The Morgan fingerprint density at radius 2 is 0.466 bits per heavy atom. The number of phosphoric ester groups is 2. The Labute approximate surface area is 632 Å². The summed E-state index contributed by atoms with van der Waals surface area (Å²) in [6, 6.07) is 0. The van der Waals surface area contributed by atoms with E-state index in [1.165, 1.54) is 231 Å². The van der Waals surface area contributed by atoms with Gasteiger partial charge in [-0.05, 0) is 49.4 Å². The van der Waals surface area contributed by atoms with Crippen molar-refractivity contribution in [2.45, 2.75) is 453 Å². The minimum Gasteiger partial charge on any atom is -0.462 e. The van der Waals surface area contributed by atoms with Gasteiger partial charge in [-0.3, -0.25) is 37.3 Å². The second-order valence-electron chi connectivity index (χ2n) is 31.7. The summed E-state index contributed by atoms with van der Waals surface area (Å²) in [5.74, 6) is 1.05. The third-order valence-electron chi connectivity index (χ3n) is 20.3. The minimum absolute atomic E-state index is 0.106. The summed E-state index contributed by atoms with van der Waals surface area (Å²) in [6.45, 7) is 14.3. The Balaban J connectivity index is 5.20. The maximum absolute atomic E-state index is 13.1. The number of ether oxygens (including phenoxy) is 4. The van der Waals surface area contributed by atoms with Gasteiger partial charge in [0.15, 0.2) is 12.2 Å². The van der Waals surface area contributed by atoms with E-state index < -0.39 is 97.5 Å². The van der Waals surface area contributed by atoms with Gasteiger partial charge < -0.3 is 33.8 Å². The molecular formula is C84H164O17P2. The number of unbranched alkanes of at least 4 members (excludes halogenated alkanes) is 45. The van der Waals surface area contributed by atoms with Gasteiger partial charge in [0.05, 0.1) is 26.4 Å². The molecule has 7 atom stereocenters. The van der Waals surface area contributed by atoms with Crippen LogP contribution in [0.4, 0.5) is 0 Å². The van der Waals surface area contributed by atoms with Crippen molar-refractivity contribution in [1.29, 1.82) is 0 Å². The maximum Gasteiger partial charge on any atom is 0.472 e. The fraction of sp³-hybridized carbons (Fsp3) is 0.952. The summed E-state index contributed by atoms with van der Waals surface area (Å²) >= 11 is 0. The van der Waals surface area contributed by atoms with E-state index in [1.807, 2.05) is 0 Å². The molecule has 0 bridgehead atoms. The normalized spacial score (nSPS) is 14.5. The molecule has 612 valence electrons. The average molecular weight is 1510 g/mol. The number of rotatable bonds is 81. The Bertz CT molecular complexity index is 2010. The molecule has 0 rings (SSSR count). The number of aliphatic hydroxyl groups is 1. The van der Waals surface area contributed by atoms with E-state index in [4.69, 9.17) is 37.0 Å². The van der Waals surface area contributed by atoms with Crippen LogP contribution in [0.1, 0.15) is 434 Å². The van der Waals surface area contributed by atoms with Crippen LogP contribution in [0.25, 0.3) is 0 Å². The van der Waals surface area contributed by atoms with Crippen LogP contribution in [0.5, 0.6) is 0 Å².